The zero-order chi connectivity index (χ0) is 17.9. The Labute approximate surface area is 158 Å². The minimum absolute atomic E-state index is 0.139. The average Bonchev–Trinajstić information content (AvgIpc) is 2.86. The molecule has 3 aromatic rings. The molecule has 0 aliphatic carbocycles. The SMILES string of the molecule is Cc1cc(C)cc(-n2sc3c(c2=S)-c2cc(C)ccc2NC3(C)C)c1. The molecule has 0 saturated carbocycles. The first kappa shape index (κ1) is 16.6. The van der Waals surface area contributed by atoms with Gasteiger partial charge in [0.15, 0.2) is 0 Å². The highest BCUT2D eigenvalue weighted by Gasteiger charge is 2.34. The summed E-state index contributed by atoms with van der Waals surface area (Å²) in [6.45, 7) is 10.9. The number of rotatable bonds is 1. The van der Waals surface area contributed by atoms with Crippen LogP contribution in [0.25, 0.3) is 16.8 Å². The molecule has 0 amide bonds. The van der Waals surface area contributed by atoms with E-state index in [1.54, 1.807) is 11.5 Å². The Morgan fingerprint density at radius 3 is 2.32 bits per heavy atom. The number of fused-ring (bicyclic) bond motifs is 3. The molecule has 0 bridgehead atoms. The molecule has 128 valence electrons. The van der Waals surface area contributed by atoms with Crippen LogP contribution in [-0.4, -0.2) is 3.96 Å². The van der Waals surface area contributed by atoms with E-state index in [1.807, 2.05) is 0 Å². The number of nitrogens with zero attached hydrogens (tertiary/aromatic N) is 1. The molecule has 0 fully saturated rings. The second-order valence-corrected chi connectivity index (χ2v) is 8.88. The number of aryl methyl sites for hydroxylation is 3. The highest BCUT2D eigenvalue weighted by atomic mass is 32.1. The molecule has 1 aromatic heterocycles. The van der Waals surface area contributed by atoms with Crippen molar-refractivity contribution in [2.75, 3.05) is 5.32 Å². The fourth-order valence-electron chi connectivity index (χ4n) is 3.65. The van der Waals surface area contributed by atoms with E-state index in [2.05, 4.69) is 80.3 Å². The summed E-state index contributed by atoms with van der Waals surface area (Å²) >= 11 is 7.71. The number of anilines is 1. The smallest absolute Gasteiger partial charge is 0.129 e. The van der Waals surface area contributed by atoms with E-state index in [1.165, 1.54) is 38.4 Å². The van der Waals surface area contributed by atoms with E-state index in [-0.39, 0.29) is 5.54 Å². The third-order valence-electron chi connectivity index (χ3n) is 4.71. The lowest BCUT2D eigenvalue weighted by molar-refractivity contribution is 0.620. The van der Waals surface area contributed by atoms with Gasteiger partial charge in [0.25, 0.3) is 0 Å². The molecular formula is C21H22N2S2. The summed E-state index contributed by atoms with van der Waals surface area (Å²) in [6, 6.07) is 13.2. The number of aromatic nitrogens is 1. The Morgan fingerprint density at radius 1 is 0.960 bits per heavy atom. The molecule has 4 rings (SSSR count). The largest absolute Gasteiger partial charge is 0.375 e. The van der Waals surface area contributed by atoms with Crippen LogP contribution in [0.4, 0.5) is 5.69 Å². The van der Waals surface area contributed by atoms with Crippen LogP contribution in [0.5, 0.6) is 0 Å². The van der Waals surface area contributed by atoms with Crippen molar-refractivity contribution in [3.63, 3.8) is 0 Å². The van der Waals surface area contributed by atoms with Gasteiger partial charge in [0.1, 0.15) is 4.64 Å². The van der Waals surface area contributed by atoms with Gasteiger partial charge in [-0.05, 0) is 70.0 Å². The maximum absolute atomic E-state index is 5.95. The Hall–Kier alpha value is -1.91. The molecule has 2 aromatic carbocycles. The van der Waals surface area contributed by atoms with Crippen LogP contribution < -0.4 is 5.32 Å². The molecule has 2 nitrogen and oxygen atoms in total. The third-order valence-corrected chi connectivity index (χ3v) is 6.68. The van der Waals surface area contributed by atoms with Crippen molar-refractivity contribution in [1.82, 2.24) is 3.96 Å². The van der Waals surface area contributed by atoms with Gasteiger partial charge in [0.2, 0.25) is 0 Å². The van der Waals surface area contributed by atoms with Crippen molar-refractivity contribution in [2.24, 2.45) is 0 Å². The summed E-state index contributed by atoms with van der Waals surface area (Å²) in [5, 5.41) is 3.69. The highest BCUT2D eigenvalue weighted by molar-refractivity contribution is 7.71. The minimum atomic E-state index is -0.139. The van der Waals surface area contributed by atoms with Crippen molar-refractivity contribution >= 4 is 29.4 Å². The summed E-state index contributed by atoms with van der Waals surface area (Å²) in [6.07, 6.45) is 0. The van der Waals surface area contributed by atoms with E-state index in [9.17, 15) is 0 Å². The number of benzene rings is 2. The quantitative estimate of drug-likeness (QED) is 0.494. The van der Waals surface area contributed by atoms with Crippen LogP contribution in [-0.2, 0) is 5.54 Å². The van der Waals surface area contributed by atoms with Crippen molar-refractivity contribution in [3.8, 4) is 16.8 Å². The lowest BCUT2D eigenvalue weighted by atomic mass is 9.89. The standard InChI is InChI=1S/C21H22N2S2/c1-12-6-7-17-16(11-12)18-19(21(4,5)22-17)25-23(20(18)24)15-9-13(2)8-14(3)10-15/h6-11,22H,1-5H3. The predicted octanol–water partition coefficient (Wildman–Crippen LogP) is 6.52. The van der Waals surface area contributed by atoms with Crippen molar-refractivity contribution in [3.05, 3.63) is 62.6 Å². The Morgan fingerprint density at radius 2 is 1.64 bits per heavy atom. The normalized spacial score (nSPS) is 14.6. The Bertz CT molecular complexity index is 1030. The first-order chi connectivity index (χ1) is 11.8. The fourth-order valence-corrected chi connectivity index (χ4v) is 5.28. The van der Waals surface area contributed by atoms with Gasteiger partial charge in [0.05, 0.1) is 16.1 Å². The molecular weight excluding hydrogens is 344 g/mol. The van der Waals surface area contributed by atoms with Crippen LogP contribution in [0.2, 0.25) is 0 Å². The monoisotopic (exact) mass is 366 g/mol. The summed E-state index contributed by atoms with van der Waals surface area (Å²) < 4.78 is 3.12. The maximum atomic E-state index is 5.95. The van der Waals surface area contributed by atoms with Crippen LogP contribution in [0, 0.1) is 25.4 Å². The average molecular weight is 367 g/mol. The van der Waals surface area contributed by atoms with E-state index >= 15 is 0 Å². The molecule has 0 unspecified atom stereocenters. The lowest BCUT2D eigenvalue weighted by Crippen LogP contribution is -2.30. The number of hydrogen-bond acceptors (Lipinski definition) is 3. The van der Waals surface area contributed by atoms with Crippen molar-refractivity contribution in [2.45, 2.75) is 40.2 Å². The van der Waals surface area contributed by atoms with Gasteiger partial charge in [-0.15, -0.1) is 0 Å². The molecule has 0 saturated heterocycles. The fraction of sp³-hybridized carbons (Fsp3) is 0.286. The van der Waals surface area contributed by atoms with E-state index in [0.29, 0.717) is 0 Å². The van der Waals surface area contributed by atoms with Crippen LogP contribution in [0.3, 0.4) is 0 Å². The van der Waals surface area contributed by atoms with Crippen LogP contribution in [0.1, 0.15) is 35.4 Å². The summed E-state index contributed by atoms with van der Waals surface area (Å²) in [5.74, 6) is 0. The summed E-state index contributed by atoms with van der Waals surface area (Å²) in [5.41, 5.74) is 8.39. The van der Waals surface area contributed by atoms with Gasteiger partial charge in [-0.25, -0.2) is 0 Å². The molecule has 1 aliphatic rings. The van der Waals surface area contributed by atoms with Crippen molar-refractivity contribution in [1.29, 1.82) is 0 Å². The lowest BCUT2D eigenvalue weighted by Gasteiger charge is -2.33. The minimum Gasteiger partial charge on any atom is -0.375 e. The Balaban J connectivity index is 2.03. The maximum Gasteiger partial charge on any atom is 0.129 e. The molecule has 2 heterocycles. The number of nitrogens with one attached hydrogen (secondary N) is 1. The van der Waals surface area contributed by atoms with Gasteiger partial charge in [-0.2, -0.15) is 0 Å². The zero-order valence-electron chi connectivity index (χ0n) is 15.2. The molecule has 1 aliphatic heterocycles. The first-order valence-electron chi connectivity index (χ1n) is 8.51. The van der Waals surface area contributed by atoms with E-state index in [0.717, 1.165) is 10.3 Å². The van der Waals surface area contributed by atoms with Crippen LogP contribution in [0.15, 0.2) is 36.4 Å². The van der Waals surface area contributed by atoms with E-state index in [4.69, 9.17) is 12.2 Å². The first-order valence-corrected chi connectivity index (χ1v) is 9.69. The Kier molecular flexibility index (Phi) is 3.67. The molecule has 0 atom stereocenters. The summed E-state index contributed by atoms with van der Waals surface area (Å²) in [4.78, 5) is 1.30. The molecule has 1 N–H and O–H groups in total. The van der Waals surface area contributed by atoms with Crippen LogP contribution >= 0.6 is 23.8 Å². The zero-order valence-corrected chi connectivity index (χ0v) is 16.9. The van der Waals surface area contributed by atoms with Gasteiger partial charge in [0, 0.05) is 16.8 Å². The van der Waals surface area contributed by atoms with Crippen molar-refractivity contribution < 1.29 is 0 Å². The van der Waals surface area contributed by atoms with E-state index < -0.39 is 0 Å². The van der Waals surface area contributed by atoms with Gasteiger partial charge in [-0.1, -0.05) is 41.4 Å². The molecule has 4 heteroatoms. The van der Waals surface area contributed by atoms with Gasteiger partial charge in [-0.3, -0.25) is 3.96 Å². The molecule has 0 spiro atoms. The number of hydrogen-bond donors (Lipinski definition) is 1. The molecule has 25 heavy (non-hydrogen) atoms. The highest BCUT2D eigenvalue weighted by Crippen LogP contribution is 2.47. The predicted molar refractivity (Wildman–Crippen MR) is 111 cm³/mol. The second kappa shape index (κ2) is 5.55. The second-order valence-electron chi connectivity index (χ2n) is 7.54. The van der Waals surface area contributed by atoms with Gasteiger partial charge < -0.3 is 5.32 Å². The topological polar surface area (TPSA) is 17.0 Å². The van der Waals surface area contributed by atoms with Gasteiger partial charge >= 0.3 is 0 Å². The molecule has 0 radical (unpaired) electrons. The third kappa shape index (κ3) is 2.64. The summed E-state index contributed by atoms with van der Waals surface area (Å²) in [7, 11) is 0.